The zero-order valence-electron chi connectivity index (χ0n) is 11.3. The van der Waals surface area contributed by atoms with Gasteiger partial charge in [-0.25, -0.2) is 40.8 Å². The standard InChI is InChI=1S/C10H8.4CHNO.CH4/c1-2-6-10-8-4-3-7-9(10)5-1;4*2-1-3;/h1-8H;4*2H;1H4. The topological polar surface area (TPSA) is 164 Å². The Kier molecular flexibility index (Phi) is 32.0. The monoisotopic (exact) mass is 316 g/mol. The van der Waals surface area contributed by atoms with E-state index >= 15 is 0 Å². The van der Waals surface area contributed by atoms with Crippen LogP contribution in [0.1, 0.15) is 7.43 Å². The van der Waals surface area contributed by atoms with Crippen molar-refractivity contribution in [3.8, 4) is 0 Å². The largest absolute Gasteiger partial charge is 0.231 e. The highest BCUT2D eigenvalue weighted by Gasteiger charge is 1.85. The summed E-state index contributed by atoms with van der Waals surface area (Å²) in [6.07, 6.45) is 3.00. The third-order valence-corrected chi connectivity index (χ3v) is 1.66. The van der Waals surface area contributed by atoms with E-state index in [4.69, 9.17) is 40.8 Å². The number of rotatable bonds is 0. The highest BCUT2D eigenvalue weighted by Crippen LogP contribution is 2.11. The van der Waals surface area contributed by atoms with Gasteiger partial charge >= 0.3 is 0 Å². The van der Waals surface area contributed by atoms with Gasteiger partial charge in [0.15, 0.2) is 0 Å². The van der Waals surface area contributed by atoms with Crippen LogP contribution in [0.5, 0.6) is 0 Å². The summed E-state index contributed by atoms with van der Waals surface area (Å²) in [7, 11) is 0. The lowest BCUT2D eigenvalue weighted by Crippen LogP contribution is -1.67. The van der Waals surface area contributed by atoms with Crippen molar-refractivity contribution < 1.29 is 19.2 Å². The third-order valence-electron chi connectivity index (χ3n) is 1.66. The summed E-state index contributed by atoms with van der Waals surface area (Å²) in [5, 5.41) is 24.2. The predicted molar refractivity (Wildman–Crippen MR) is 84.3 cm³/mol. The van der Waals surface area contributed by atoms with Gasteiger partial charge in [0.05, 0.1) is 0 Å². The van der Waals surface area contributed by atoms with Crippen molar-refractivity contribution in [2.24, 2.45) is 0 Å². The Morgan fingerprint density at radius 1 is 0.522 bits per heavy atom. The molecule has 4 N–H and O–H groups in total. The van der Waals surface area contributed by atoms with Gasteiger partial charge in [0.25, 0.3) is 0 Å². The maximum absolute atomic E-state index is 8.35. The summed E-state index contributed by atoms with van der Waals surface area (Å²) in [6.45, 7) is 0. The van der Waals surface area contributed by atoms with E-state index in [1.807, 2.05) is 0 Å². The molecule has 23 heavy (non-hydrogen) atoms. The summed E-state index contributed by atoms with van der Waals surface area (Å²) in [5.74, 6) is 0. The first-order chi connectivity index (χ1) is 10.6. The first-order valence-corrected chi connectivity index (χ1v) is 5.22. The summed E-state index contributed by atoms with van der Waals surface area (Å²) >= 11 is 0. The van der Waals surface area contributed by atoms with Crippen LogP contribution in [0.15, 0.2) is 48.5 Å². The molecular weight excluding hydrogens is 300 g/mol. The van der Waals surface area contributed by atoms with Gasteiger partial charge in [0, 0.05) is 0 Å². The van der Waals surface area contributed by atoms with Crippen LogP contribution in [0, 0.1) is 21.6 Å². The van der Waals surface area contributed by atoms with Crippen molar-refractivity contribution in [1.82, 2.24) is 0 Å². The molecule has 0 saturated carbocycles. The molecule has 0 aliphatic heterocycles. The molecule has 120 valence electrons. The highest BCUT2D eigenvalue weighted by atomic mass is 16.1. The van der Waals surface area contributed by atoms with E-state index in [1.165, 1.54) is 10.8 Å². The lowest BCUT2D eigenvalue weighted by molar-refractivity contribution is 0.562. The van der Waals surface area contributed by atoms with Crippen LogP contribution >= 0.6 is 0 Å². The Morgan fingerprint density at radius 2 is 0.652 bits per heavy atom. The van der Waals surface area contributed by atoms with E-state index in [1.54, 1.807) is 0 Å². The number of hydrogen-bond acceptors (Lipinski definition) is 8. The smallest absolute Gasteiger partial charge is 0.222 e. The van der Waals surface area contributed by atoms with Crippen LogP contribution in [0.25, 0.3) is 10.8 Å². The molecule has 0 aliphatic rings. The zero-order valence-corrected chi connectivity index (χ0v) is 11.3. The van der Waals surface area contributed by atoms with E-state index in [2.05, 4.69) is 48.5 Å². The van der Waals surface area contributed by atoms with Gasteiger partial charge in [-0.2, -0.15) is 0 Å². The highest BCUT2D eigenvalue weighted by molar-refractivity contribution is 5.81. The van der Waals surface area contributed by atoms with Crippen LogP contribution < -0.4 is 0 Å². The quantitative estimate of drug-likeness (QED) is 0.433. The molecule has 0 atom stereocenters. The van der Waals surface area contributed by atoms with Gasteiger partial charge in [-0.15, -0.1) is 0 Å². The molecule has 0 fully saturated rings. The Labute approximate surface area is 132 Å². The van der Waals surface area contributed by atoms with E-state index in [9.17, 15) is 0 Å². The molecule has 0 amide bonds. The fraction of sp³-hybridized carbons (Fsp3) is 0.0667. The van der Waals surface area contributed by atoms with E-state index < -0.39 is 0 Å². The predicted octanol–water partition coefficient (Wildman–Crippen LogP) is 3.08. The maximum atomic E-state index is 8.35. The average molecular weight is 316 g/mol. The molecule has 8 heteroatoms. The fourth-order valence-electron chi connectivity index (χ4n) is 1.13. The van der Waals surface area contributed by atoms with Gasteiger partial charge in [0.2, 0.25) is 24.3 Å². The normalized spacial score (nSPS) is 5.74. The number of carbonyl (C=O) groups excluding carboxylic acids is 4. The Balaban J connectivity index is -0.000000118. The molecule has 0 radical (unpaired) electrons. The molecule has 0 aromatic heterocycles. The minimum absolute atomic E-state index is 0. The fourth-order valence-corrected chi connectivity index (χ4v) is 1.13. The number of isocyanates is 4. The van der Waals surface area contributed by atoms with Crippen LogP contribution in [-0.2, 0) is 19.2 Å². The molecule has 0 spiro atoms. The van der Waals surface area contributed by atoms with E-state index in [-0.39, 0.29) is 7.43 Å². The first kappa shape index (κ1) is 27.5. The molecule has 0 saturated heterocycles. The third kappa shape index (κ3) is 23.7. The Morgan fingerprint density at radius 3 is 0.783 bits per heavy atom. The van der Waals surface area contributed by atoms with Gasteiger partial charge in [-0.3, -0.25) is 0 Å². The van der Waals surface area contributed by atoms with Crippen molar-refractivity contribution in [2.75, 3.05) is 0 Å². The second-order valence-electron chi connectivity index (χ2n) is 2.76. The van der Waals surface area contributed by atoms with Crippen molar-refractivity contribution in [1.29, 1.82) is 21.6 Å². The van der Waals surface area contributed by atoms with Gasteiger partial charge in [-0.1, -0.05) is 56.0 Å². The van der Waals surface area contributed by atoms with Gasteiger partial charge in [-0.05, 0) is 10.8 Å². The second kappa shape index (κ2) is 26.7. The summed E-state index contributed by atoms with van der Waals surface area (Å²) in [6, 6.07) is 16.7. The first-order valence-electron chi connectivity index (χ1n) is 5.22. The average Bonchev–Trinajstić information content (AvgIpc) is 2.51. The van der Waals surface area contributed by atoms with Crippen LogP contribution in [0.2, 0.25) is 0 Å². The molecule has 8 nitrogen and oxygen atoms in total. The molecule has 0 bridgehead atoms. The minimum atomic E-state index is 0. The molecule has 2 rings (SSSR count). The molecule has 0 unspecified atom stereocenters. The van der Waals surface area contributed by atoms with E-state index in [0.717, 1.165) is 24.3 Å². The lowest BCUT2D eigenvalue weighted by atomic mass is 10.1. The van der Waals surface area contributed by atoms with Crippen molar-refractivity contribution in [3.63, 3.8) is 0 Å². The number of benzene rings is 2. The summed E-state index contributed by atoms with van der Waals surface area (Å²) in [4.78, 5) is 33.4. The molecule has 0 aliphatic carbocycles. The number of hydrogen-bond donors (Lipinski definition) is 4. The van der Waals surface area contributed by atoms with E-state index in [0.29, 0.717) is 0 Å². The molecule has 0 heterocycles. The number of nitrogens with one attached hydrogen (secondary N) is 4. The SMILES string of the molecule is C.N=C=O.N=C=O.N=C=O.N=C=O.c1ccc2ccccc2c1. The molecular formula is C15H16N4O4. The van der Waals surface area contributed by atoms with Crippen molar-refractivity contribution >= 4 is 35.1 Å². The Bertz CT molecular complexity index is 548. The number of fused-ring (bicyclic) bond motifs is 1. The molecule has 2 aromatic rings. The van der Waals surface area contributed by atoms with Crippen LogP contribution in [-0.4, -0.2) is 24.3 Å². The molecule has 2 aromatic carbocycles. The van der Waals surface area contributed by atoms with Crippen molar-refractivity contribution in [3.05, 3.63) is 48.5 Å². The Hall–Kier alpha value is -3.78. The van der Waals surface area contributed by atoms with Gasteiger partial charge < -0.3 is 0 Å². The van der Waals surface area contributed by atoms with Crippen LogP contribution in [0.3, 0.4) is 0 Å². The maximum Gasteiger partial charge on any atom is 0.231 e. The van der Waals surface area contributed by atoms with Crippen LogP contribution in [0.4, 0.5) is 0 Å². The van der Waals surface area contributed by atoms with Gasteiger partial charge in [0.1, 0.15) is 0 Å². The second-order valence-corrected chi connectivity index (χ2v) is 2.76. The lowest BCUT2D eigenvalue weighted by Gasteiger charge is -1.92. The summed E-state index contributed by atoms with van der Waals surface area (Å²) < 4.78 is 0. The summed E-state index contributed by atoms with van der Waals surface area (Å²) in [5.41, 5.74) is 0. The zero-order chi connectivity index (χ0) is 17.6. The minimum Gasteiger partial charge on any atom is -0.222 e. The van der Waals surface area contributed by atoms with Crippen molar-refractivity contribution in [2.45, 2.75) is 7.43 Å².